The lowest BCUT2D eigenvalue weighted by Gasteiger charge is -2.07. The summed E-state index contributed by atoms with van der Waals surface area (Å²) in [4.78, 5) is 5.21. The Morgan fingerprint density at radius 1 is 1.43 bits per heavy atom. The molecule has 1 aromatic rings. The van der Waals surface area contributed by atoms with Crippen LogP contribution in [0.1, 0.15) is 17.7 Å². The molecule has 0 bridgehead atoms. The van der Waals surface area contributed by atoms with Crippen LogP contribution in [-0.2, 0) is 6.61 Å². The standard InChI is InChI=1S/C10H15NO2S/c1-8-9(7-13)11-4-3-10(8)14-6-2-5-12/h3-4,12-13H,2,5-7H2,1H3. The number of hydrogen-bond acceptors (Lipinski definition) is 4. The van der Waals surface area contributed by atoms with E-state index in [1.807, 2.05) is 13.0 Å². The third-order valence-electron chi connectivity index (χ3n) is 1.97. The van der Waals surface area contributed by atoms with Crippen molar-refractivity contribution in [1.29, 1.82) is 0 Å². The maximum atomic E-state index is 9.00. The van der Waals surface area contributed by atoms with Crippen molar-refractivity contribution >= 4 is 11.8 Å². The van der Waals surface area contributed by atoms with Gasteiger partial charge >= 0.3 is 0 Å². The second-order valence-electron chi connectivity index (χ2n) is 2.96. The molecule has 2 N–H and O–H groups in total. The van der Waals surface area contributed by atoms with Gasteiger partial charge in [0.1, 0.15) is 0 Å². The van der Waals surface area contributed by atoms with Crippen molar-refractivity contribution in [3.8, 4) is 0 Å². The second kappa shape index (κ2) is 6.01. The lowest BCUT2D eigenvalue weighted by Crippen LogP contribution is -1.95. The Morgan fingerprint density at radius 3 is 2.86 bits per heavy atom. The first-order chi connectivity index (χ1) is 6.79. The monoisotopic (exact) mass is 213 g/mol. The van der Waals surface area contributed by atoms with Gasteiger partial charge in [-0.1, -0.05) is 0 Å². The van der Waals surface area contributed by atoms with Crippen LogP contribution in [0.15, 0.2) is 17.2 Å². The molecule has 0 spiro atoms. The van der Waals surface area contributed by atoms with E-state index in [0.717, 1.165) is 28.3 Å². The number of pyridine rings is 1. The molecule has 1 heterocycles. The summed E-state index contributed by atoms with van der Waals surface area (Å²) in [7, 11) is 0. The molecule has 0 unspecified atom stereocenters. The van der Waals surface area contributed by atoms with Crippen LogP contribution in [0.5, 0.6) is 0 Å². The molecule has 0 amide bonds. The maximum Gasteiger partial charge on any atom is 0.0856 e. The van der Waals surface area contributed by atoms with Crippen molar-refractivity contribution < 1.29 is 10.2 Å². The van der Waals surface area contributed by atoms with E-state index in [0.29, 0.717) is 0 Å². The lowest BCUT2D eigenvalue weighted by atomic mass is 10.2. The van der Waals surface area contributed by atoms with Crippen molar-refractivity contribution in [3.63, 3.8) is 0 Å². The molecule has 0 aliphatic heterocycles. The highest BCUT2D eigenvalue weighted by molar-refractivity contribution is 7.99. The molecule has 0 saturated heterocycles. The van der Waals surface area contributed by atoms with Crippen LogP contribution in [-0.4, -0.2) is 27.6 Å². The van der Waals surface area contributed by atoms with Gasteiger partial charge in [0.2, 0.25) is 0 Å². The summed E-state index contributed by atoms with van der Waals surface area (Å²) >= 11 is 1.69. The number of rotatable bonds is 5. The second-order valence-corrected chi connectivity index (χ2v) is 4.10. The average Bonchev–Trinajstić information content (AvgIpc) is 2.21. The molecule has 0 atom stereocenters. The van der Waals surface area contributed by atoms with E-state index in [1.165, 1.54) is 0 Å². The zero-order valence-corrected chi connectivity index (χ0v) is 9.05. The highest BCUT2D eigenvalue weighted by Gasteiger charge is 2.04. The van der Waals surface area contributed by atoms with Crippen molar-refractivity contribution in [2.75, 3.05) is 12.4 Å². The van der Waals surface area contributed by atoms with Gasteiger partial charge in [0.25, 0.3) is 0 Å². The summed E-state index contributed by atoms with van der Waals surface area (Å²) in [6.45, 7) is 2.17. The summed E-state index contributed by atoms with van der Waals surface area (Å²) < 4.78 is 0. The Hall–Kier alpha value is -0.580. The molecule has 0 radical (unpaired) electrons. The fourth-order valence-electron chi connectivity index (χ4n) is 1.12. The number of thioether (sulfide) groups is 1. The van der Waals surface area contributed by atoms with E-state index in [1.54, 1.807) is 18.0 Å². The normalized spacial score (nSPS) is 10.5. The first kappa shape index (κ1) is 11.5. The van der Waals surface area contributed by atoms with E-state index in [2.05, 4.69) is 4.98 Å². The third-order valence-corrected chi connectivity index (χ3v) is 3.21. The van der Waals surface area contributed by atoms with Crippen molar-refractivity contribution in [2.45, 2.75) is 24.8 Å². The van der Waals surface area contributed by atoms with E-state index in [-0.39, 0.29) is 13.2 Å². The van der Waals surface area contributed by atoms with Crippen LogP contribution in [0.3, 0.4) is 0 Å². The van der Waals surface area contributed by atoms with Gasteiger partial charge in [0, 0.05) is 23.5 Å². The van der Waals surface area contributed by atoms with Crippen LogP contribution >= 0.6 is 11.8 Å². The number of aliphatic hydroxyl groups is 2. The topological polar surface area (TPSA) is 53.4 Å². The highest BCUT2D eigenvalue weighted by Crippen LogP contribution is 2.23. The summed E-state index contributed by atoms with van der Waals surface area (Å²) in [6.07, 6.45) is 2.50. The summed E-state index contributed by atoms with van der Waals surface area (Å²) in [5.74, 6) is 0.895. The molecule has 14 heavy (non-hydrogen) atoms. The highest BCUT2D eigenvalue weighted by atomic mass is 32.2. The fraction of sp³-hybridized carbons (Fsp3) is 0.500. The summed E-state index contributed by atoms with van der Waals surface area (Å²) in [5.41, 5.74) is 1.77. The molecule has 0 saturated carbocycles. The largest absolute Gasteiger partial charge is 0.396 e. The van der Waals surface area contributed by atoms with Crippen LogP contribution in [0.4, 0.5) is 0 Å². The van der Waals surface area contributed by atoms with Gasteiger partial charge in [-0.3, -0.25) is 4.98 Å². The van der Waals surface area contributed by atoms with Gasteiger partial charge < -0.3 is 10.2 Å². The van der Waals surface area contributed by atoms with Crippen LogP contribution in [0, 0.1) is 6.92 Å². The molecule has 0 aliphatic rings. The van der Waals surface area contributed by atoms with E-state index < -0.39 is 0 Å². The first-order valence-electron chi connectivity index (χ1n) is 4.58. The molecule has 0 fully saturated rings. The average molecular weight is 213 g/mol. The molecule has 0 aliphatic carbocycles. The minimum atomic E-state index is -0.0137. The molecule has 4 heteroatoms. The Kier molecular flexibility index (Phi) is 4.93. The molecule has 0 aromatic carbocycles. The van der Waals surface area contributed by atoms with Crippen molar-refractivity contribution in [3.05, 3.63) is 23.5 Å². The van der Waals surface area contributed by atoms with Crippen molar-refractivity contribution in [2.24, 2.45) is 0 Å². The van der Waals surface area contributed by atoms with Gasteiger partial charge in [0.05, 0.1) is 12.3 Å². The maximum absolute atomic E-state index is 9.00. The molecule has 1 rings (SSSR count). The zero-order chi connectivity index (χ0) is 10.4. The number of hydrogen-bond donors (Lipinski definition) is 2. The Morgan fingerprint density at radius 2 is 2.21 bits per heavy atom. The third kappa shape index (κ3) is 2.97. The van der Waals surface area contributed by atoms with Crippen molar-refractivity contribution in [1.82, 2.24) is 4.98 Å². The quantitative estimate of drug-likeness (QED) is 0.573. The minimum absolute atomic E-state index is 0.0137. The molecule has 1 aromatic heterocycles. The van der Waals surface area contributed by atoms with Gasteiger partial charge in [0.15, 0.2) is 0 Å². The smallest absolute Gasteiger partial charge is 0.0856 e. The van der Waals surface area contributed by atoms with Gasteiger partial charge in [-0.2, -0.15) is 0 Å². The molecular weight excluding hydrogens is 198 g/mol. The van der Waals surface area contributed by atoms with Gasteiger partial charge in [-0.15, -0.1) is 11.8 Å². The number of nitrogens with zero attached hydrogens (tertiary/aromatic N) is 1. The Balaban J connectivity index is 2.66. The lowest BCUT2D eigenvalue weighted by molar-refractivity contribution is 0.275. The van der Waals surface area contributed by atoms with Gasteiger partial charge in [-0.05, 0) is 25.0 Å². The summed E-state index contributed by atoms with van der Waals surface area (Å²) in [6, 6.07) is 1.94. The SMILES string of the molecule is Cc1c(SCCCO)ccnc1CO. The predicted octanol–water partition coefficient (Wildman–Crippen LogP) is 1.36. The van der Waals surface area contributed by atoms with Crippen LogP contribution in [0.25, 0.3) is 0 Å². The van der Waals surface area contributed by atoms with E-state index in [9.17, 15) is 0 Å². The Labute approximate surface area is 88.2 Å². The Bertz CT molecular complexity index is 291. The summed E-state index contributed by atoms with van der Waals surface area (Å²) in [5, 5.41) is 17.7. The zero-order valence-electron chi connectivity index (χ0n) is 8.23. The fourth-order valence-corrected chi connectivity index (χ4v) is 2.11. The first-order valence-corrected chi connectivity index (χ1v) is 5.57. The number of aromatic nitrogens is 1. The van der Waals surface area contributed by atoms with E-state index in [4.69, 9.17) is 10.2 Å². The molecule has 78 valence electrons. The van der Waals surface area contributed by atoms with E-state index >= 15 is 0 Å². The van der Waals surface area contributed by atoms with Crippen LogP contribution < -0.4 is 0 Å². The predicted molar refractivity (Wildman–Crippen MR) is 57.3 cm³/mol. The molecular formula is C10H15NO2S. The molecule has 3 nitrogen and oxygen atoms in total. The van der Waals surface area contributed by atoms with Crippen LogP contribution in [0.2, 0.25) is 0 Å². The number of aliphatic hydroxyl groups excluding tert-OH is 2. The minimum Gasteiger partial charge on any atom is -0.396 e. The van der Waals surface area contributed by atoms with Gasteiger partial charge in [-0.25, -0.2) is 0 Å².